The topological polar surface area (TPSA) is 166 Å². The van der Waals surface area contributed by atoms with Crippen LogP contribution in [0.3, 0.4) is 0 Å². The third-order valence-electron chi connectivity index (χ3n) is 14.3. The molecule has 13 atom stereocenters. The molecule has 0 amide bonds. The fraction of sp³-hybridized carbons (Fsp3) is 0.784. The SMILES string of the molecule is COC(=O)C[C@H]1[C@@]2(C)C[C@]34O[C@]5(C)O[C@@]6([C@H](OC(=O)C(C)C)[C@]3(O)[C@H]2OC(=O)C(C)C)[C@H]2CC(=O)O[C@@H](c3ccoc3)[C@]2(C)CC[C@]6(O5)[C@@]14C. The number of methoxy groups -OCH3 is 1. The molecule has 1 N–H and O–H groups in total. The lowest BCUT2D eigenvalue weighted by atomic mass is 9.33. The van der Waals surface area contributed by atoms with Crippen LogP contribution in [0.5, 0.6) is 0 Å². The summed E-state index contributed by atoms with van der Waals surface area (Å²) in [4.78, 5) is 54.8. The van der Waals surface area contributed by atoms with Crippen LogP contribution in [-0.2, 0) is 52.3 Å². The van der Waals surface area contributed by atoms with E-state index in [1.165, 1.54) is 13.4 Å². The maximum Gasteiger partial charge on any atom is 0.308 e. The average molecular weight is 701 g/mol. The monoisotopic (exact) mass is 700 g/mol. The summed E-state index contributed by atoms with van der Waals surface area (Å²) < 4.78 is 51.1. The molecule has 3 aliphatic heterocycles. The summed E-state index contributed by atoms with van der Waals surface area (Å²) in [7, 11) is 1.32. The zero-order chi connectivity index (χ0) is 36.2. The Kier molecular flexibility index (Phi) is 6.75. The van der Waals surface area contributed by atoms with Crippen molar-refractivity contribution in [2.45, 2.75) is 134 Å². The van der Waals surface area contributed by atoms with Gasteiger partial charge in [0.1, 0.15) is 29.0 Å². The number of carbonyl (C=O) groups is 4. The zero-order valence-corrected chi connectivity index (χ0v) is 30.2. The molecule has 50 heavy (non-hydrogen) atoms. The lowest BCUT2D eigenvalue weighted by Gasteiger charge is -2.77. The molecular weight excluding hydrogens is 652 g/mol. The van der Waals surface area contributed by atoms with Crippen LogP contribution in [0.15, 0.2) is 23.0 Å². The zero-order valence-electron chi connectivity index (χ0n) is 30.2. The molecule has 0 unspecified atom stereocenters. The molecule has 0 aromatic carbocycles. The van der Waals surface area contributed by atoms with Gasteiger partial charge in [-0.3, -0.25) is 19.2 Å². The molecule has 13 nitrogen and oxygen atoms in total. The molecule has 7 fully saturated rings. The number of furan rings is 1. The molecule has 274 valence electrons. The Hall–Kier alpha value is -3.00. The van der Waals surface area contributed by atoms with Crippen LogP contribution in [0.25, 0.3) is 0 Å². The summed E-state index contributed by atoms with van der Waals surface area (Å²) in [5, 5.41) is 13.9. The lowest BCUT2D eigenvalue weighted by Crippen LogP contribution is -2.93. The van der Waals surface area contributed by atoms with Gasteiger partial charge in [0.15, 0.2) is 11.7 Å². The second-order valence-corrected chi connectivity index (χ2v) is 17.3. The highest BCUT2D eigenvalue weighted by molar-refractivity contribution is 5.75. The fourth-order valence-electron chi connectivity index (χ4n) is 12.6. The third-order valence-corrected chi connectivity index (χ3v) is 14.3. The highest BCUT2D eigenvalue weighted by Gasteiger charge is 3.04. The average Bonchev–Trinajstić information content (AvgIpc) is 3.74. The van der Waals surface area contributed by atoms with Crippen LogP contribution in [0.1, 0.15) is 99.2 Å². The minimum Gasteiger partial charge on any atom is -0.472 e. The van der Waals surface area contributed by atoms with Crippen molar-refractivity contribution in [2.75, 3.05) is 7.11 Å². The summed E-state index contributed by atoms with van der Waals surface area (Å²) in [5.74, 6) is -6.57. The van der Waals surface area contributed by atoms with Crippen molar-refractivity contribution in [1.82, 2.24) is 0 Å². The maximum absolute atomic E-state index is 13.9. The molecule has 3 saturated heterocycles. The van der Waals surface area contributed by atoms with E-state index in [9.17, 15) is 24.3 Å². The highest BCUT2D eigenvalue weighted by atomic mass is 16.9. The van der Waals surface area contributed by atoms with Crippen molar-refractivity contribution in [3.63, 3.8) is 0 Å². The van der Waals surface area contributed by atoms with Crippen LogP contribution >= 0.6 is 0 Å². The first kappa shape index (κ1) is 34.1. The molecule has 13 heteroatoms. The first-order chi connectivity index (χ1) is 23.3. The standard InChI is InChI=1S/C37H48O13/c1-18(2)26(40)46-28-31(6)17-35-32(7,21(31)14-23(38)43-9)34-12-11-30(5)22(15-24(39)45-25(30)20-10-13-44-16-20)37(34,50-33(8,48-34)49-35)29(36(28,35)42)47-27(41)19(3)4/h10,13,16,18-19,21-22,25,28-29,42H,11-12,14-15,17H2,1-9H3/t21-,22-,25-,28-,29+,30+,31+,32+,33+,34-,35+,36+,37+/m0/s1. The summed E-state index contributed by atoms with van der Waals surface area (Å²) in [6.07, 6.45) is 0.113. The van der Waals surface area contributed by atoms with E-state index in [1.807, 2.05) is 20.8 Å². The predicted molar refractivity (Wildman–Crippen MR) is 168 cm³/mol. The first-order valence-corrected chi connectivity index (χ1v) is 17.8. The molecule has 4 aliphatic carbocycles. The Balaban J connectivity index is 1.46. The normalized spacial score (nSPS) is 50.6. The lowest BCUT2D eigenvalue weighted by molar-refractivity contribution is -0.478. The van der Waals surface area contributed by atoms with Crippen molar-refractivity contribution in [1.29, 1.82) is 0 Å². The van der Waals surface area contributed by atoms with Crippen molar-refractivity contribution >= 4 is 23.9 Å². The van der Waals surface area contributed by atoms with E-state index in [0.29, 0.717) is 18.4 Å². The van der Waals surface area contributed by atoms with Crippen LogP contribution in [-0.4, -0.2) is 76.7 Å². The van der Waals surface area contributed by atoms with E-state index in [1.54, 1.807) is 46.9 Å². The van der Waals surface area contributed by atoms with Crippen LogP contribution < -0.4 is 0 Å². The van der Waals surface area contributed by atoms with Gasteiger partial charge >= 0.3 is 23.9 Å². The molecular formula is C37H48O13. The Morgan fingerprint density at radius 2 is 1.56 bits per heavy atom. The Morgan fingerprint density at radius 3 is 2.16 bits per heavy atom. The van der Waals surface area contributed by atoms with E-state index in [4.69, 9.17) is 37.6 Å². The third kappa shape index (κ3) is 3.45. The predicted octanol–water partition coefficient (Wildman–Crippen LogP) is 4.14. The largest absolute Gasteiger partial charge is 0.472 e. The summed E-state index contributed by atoms with van der Waals surface area (Å²) in [6, 6.07) is 1.75. The number of hydrogen-bond donors (Lipinski definition) is 1. The van der Waals surface area contributed by atoms with E-state index in [2.05, 4.69) is 0 Å². The Morgan fingerprint density at radius 1 is 0.920 bits per heavy atom. The molecule has 0 radical (unpaired) electrons. The van der Waals surface area contributed by atoms with Crippen molar-refractivity contribution in [2.24, 2.45) is 39.9 Å². The summed E-state index contributed by atoms with van der Waals surface area (Å²) >= 11 is 0. The second kappa shape index (κ2) is 9.90. The van der Waals surface area contributed by atoms with Crippen molar-refractivity contribution < 1.29 is 61.9 Å². The van der Waals surface area contributed by atoms with Gasteiger partial charge in [0, 0.05) is 41.1 Å². The number of aliphatic hydroxyl groups is 1. The van der Waals surface area contributed by atoms with Gasteiger partial charge in [-0.05, 0) is 31.2 Å². The molecule has 8 rings (SSSR count). The van der Waals surface area contributed by atoms with Gasteiger partial charge in [-0.25, -0.2) is 0 Å². The maximum atomic E-state index is 13.9. The van der Waals surface area contributed by atoms with Crippen LogP contribution in [0, 0.1) is 39.9 Å². The smallest absolute Gasteiger partial charge is 0.308 e. The number of rotatable bonds is 7. The number of fused-ring (bicyclic) bond motifs is 3. The van der Waals surface area contributed by atoms with Crippen LogP contribution in [0.4, 0.5) is 0 Å². The van der Waals surface area contributed by atoms with Gasteiger partial charge in [0.25, 0.3) is 5.97 Å². The number of cyclic esters (lactones) is 1. The number of carbonyl (C=O) groups excluding carboxylic acids is 4. The van der Waals surface area contributed by atoms with E-state index >= 15 is 0 Å². The molecule has 7 aliphatic rings. The van der Waals surface area contributed by atoms with E-state index in [-0.39, 0.29) is 19.3 Å². The number of hydrogen-bond acceptors (Lipinski definition) is 13. The van der Waals surface area contributed by atoms with Crippen molar-refractivity contribution in [3.8, 4) is 0 Å². The Labute approximate surface area is 290 Å². The summed E-state index contributed by atoms with van der Waals surface area (Å²) in [5.41, 5.74) is -9.45. The highest BCUT2D eigenvalue weighted by Crippen LogP contribution is 2.89. The number of esters is 4. The van der Waals surface area contributed by atoms with Gasteiger partial charge < -0.3 is 42.7 Å². The van der Waals surface area contributed by atoms with E-state index in [0.717, 1.165) is 0 Å². The van der Waals surface area contributed by atoms with E-state index < -0.39 is 110 Å². The first-order valence-electron chi connectivity index (χ1n) is 17.8. The fourth-order valence-corrected chi connectivity index (χ4v) is 12.6. The van der Waals surface area contributed by atoms with Gasteiger partial charge in [0.2, 0.25) is 0 Å². The van der Waals surface area contributed by atoms with Gasteiger partial charge in [-0.2, -0.15) is 0 Å². The molecule has 4 heterocycles. The molecule has 2 spiro atoms. The van der Waals surface area contributed by atoms with Gasteiger partial charge in [-0.15, -0.1) is 0 Å². The number of ether oxygens (including phenoxy) is 7. The molecule has 1 aromatic heterocycles. The Bertz CT molecular complexity index is 1670. The second-order valence-electron chi connectivity index (χ2n) is 17.3. The molecule has 1 aromatic rings. The molecule has 4 bridgehead atoms. The summed E-state index contributed by atoms with van der Waals surface area (Å²) in [6.45, 7) is 14.3. The molecule has 4 saturated carbocycles. The minimum absolute atomic E-state index is 0.101. The van der Waals surface area contributed by atoms with Crippen molar-refractivity contribution in [3.05, 3.63) is 24.2 Å². The van der Waals surface area contributed by atoms with Crippen LogP contribution in [0.2, 0.25) is 0 Å². The van der Waals surface area contributed by atoms with Gasteiger partial charge in [0.05, 0.1) is 37.9 Å². The quantitative estimate of drug-likeness (QED) is 0.319. The van der Waals surface area contributed by atoms with Gasteiger partial charge in [-0.1, -0.05) is 48.5 Å². The minimum atomic E-state index is -2.21.